The third kappa shape index (κ3) is 5.77. The molecule has 2 rings (SSSR count). The van der Waals surface area contributed by atoms with Crippen molar-refractivity contribution in [2.75, 3.05) is 6.61 Å². The number of carbonyl (C=O) groups is 4. The van der Waals surface area contributed by atoms with Crippen LogP contribution in [0.15, 0.2) is 30.5 Å². The van der Waals surface area contributed by atoms with Gasteiger partial charge in [-0.25, -0.2) is 4.79 Å². The molecule has 2 amide bonds. The van der Waals surface area contributed by atoms with Crippen LogP contribution in [0, 0.1) is 0 Å². The van der Waals surface area contributed by atoms with E-state index in [1.165, 1.54) is 0 Å². The van der Waals surface area contributed by atoms with Gasteiger partial charge in [-0.1, -0.05) is 18.2 Å². The molecule has 3 atom stereocenters. The first-order chi connectivity index (χ1) is 13.7. The molecule has 1 aromatic heterocycles. The molecule has 11 nitrogen and oxygen atoms in total. The molecule has 0 aliphatic rings. The Balaban J connectivity index is 2.26. The van der Waals surface area contributed by atoms with Crippen molar-refractivity contribution < 1.29 is 34.5 Å². The number of aromatic nitrogens is 1. The minimum absolute atomic E-state index is 0.0147. The second-order valence-corrected chi connectivity index (χ2v) is 6.41. The standard InChI is InChI=1S/C18H22N4O7/c19-11(8-23)16(26)21-13(17(27)22-14(18(28)29)6-15(24)25)5-9-7-20-12-4-2-1-3-10(9)12/h1-4,7,11,13-14,20,23H,5-6,8,19H2,(H,21,26)(H,22,27)(H,24,25)(H,28,29). The zero-order valence-electron chi connectivity index (χ0n) is 15.3. The number of fused-ring (bicyclic) bond motifs is 1. The van der Waals surface area contributed by atoms with Gasteiger partial charge in [-0.2, -0.15) is 0 Å². The number of nitrogens with one attached hydrogen (secondary N) is 3. The summed E-state index contributed by atoms with van der Waals surface area (Å²) in [7, 11) is 0. The second kappa shape index (κ2) is 9.66. The summed E-state index contributed by atoms with van der Waals surface area (Å²) in [6.07, 6.45) is 0.805. The number of aromatic amines is 1. The number of aliphatic hydroxyl groups excluding tert-OH is 1. The summed E-state index contributed by atoms with van der Waals surface area (Å²) >= 11 is 0. The number of carboxylic acid groups (broad SMARTS) is 2. The number of rotatable bonds is 10. The lowest BCUT2D eigenvalue weighted by molar-refractivity contribution is -0.147. The highest BCUT2D eigenvalue weighted by molar-refractivity contribution is 5.93. The van der Waals surface area contributed by atoms with E-state index in [0.29, 0.717) is 5.56 Å². The Morgan fingerprint density at radius 1 is 1.03 bits per heavy atom. The number of hydrogen-bond acceptors (Lipinski definition) is 6. The number of nitrogens with two attached hydrogens (primary N) is 1. The summed E-state index contributed by atoms with van der Waals surface area (Å²) in [4.78, 5) is 49.8. The van der Waals surface area contributed by atoms with E-state index in [4.69, 9.17) is 21.1 Å². The number of para-hydroxylation sites is 1. The fraction of sp³-hybridized carbons (Fsp3) is 0.333. The van der Waals surface area contributed by atoms with Crippen molar-refractivity contribution in [1.29, 1.82) is 0 Å². The minimum atomic E-state index is -1.67. The van der Waals surface area contributed by atoms with E-state index in [1.807, 2.05) is 18.2 Å². The van der Waals surface area contributed by atoms with E-state index in [9.17, 15) is 19.2 Å². The fourth-order valence-corrected chi connectivity index (χ4v) is 2.74. The normalized spacial score (nSPS) is 14.0. The molecule has 0 saturated carbocycles. The molecule has 0 aliphatic heterocycles. The van der Waals surface area contributed by atoms with Gasteiger partial charge in [-0.15, -0.1) is 0 Å². The van der Waals surface area contributed by atoms with Gasteiger partial charge in [0.2, 0.25) is 11.8 Å². The van der Waals surface area contributed by atoms with Crippen LogP contribution in [-0.4, -0.2) is 68.8 Å². The van der Waals surface area contributed by atoms with Gasteiger partial charge in [0.1, 0.15) is 18.1 Å². The van der Waals surface area contributed by atoms with Crippen LogP contribution in [0.25, 0.3) is 10.9 Å². The maximum absolute atomic E-state index is 12.7. The van der Waals surface area contributed by atoms with Crippen LogP contribution in [-0.2, 0) is 25.6 Å². The first-order valence-electron chi connectivity index (χ1n) is 8.69. The van der Waals surface area contributed by atoms with Crippen molar-refractivity contribution >= 4 is 34.7 Å². The van der Waals surface area contributed by atoms with Gasteiger partial charge in [0.15, 0.2) is 0 Å². The molecule has 0 spiro atoms. The van der Waals surface area contributed by atoms with Crippen LogP contribution in [0.2, 0.25) is 0 Å². The summed E-state index contributed by atoms with van der Waals surface area (Å²) < 4.78 is 0. The summed E-state index contributed by atoms with van der Waals surface area (Å²) in [6, 6.07) is 3.05. The summed E-state index contributed by atoms with van der Waals surface area (Å²) in [5, 5.41) is 32.3. The summed E-state index contributed by atoms with van der Waals surface area (Å²) in [6.45, 7) is -0.649. The lowest BCUT2D eigenvalue weighted by Crippen LogP contribution is -2.56. The molecule has 8 N–H and O–H groups in total. The van der Waals surface area contributed by atoms with E-state index in [0.717, 1.165) is 10.9 Å². The Morgan fingerprint density at radius 2 is 1.69 bits per heavy atom. The number of carbonyl (C=O) groups excluding carboxylic acids is 2. The second-order valence-electron chi connectivity index (χ2n) is 6.41. The molecule has 1 heterocycles. The monoisotopic (exact) mass is 406 g/mol. The zero-order valence-corrected chi connectivity index (χ0v) is 15.3. The lowest BCUT2D eigenvalue weighted by atomic mass is 10.0. The quantitative estimate of drug-likeness (QED) is 0.249. The average Bonchev–Trinajstić information content (AvgIpc) is 3.08. The zero-order chi connectivity index (χ0) is 21.6. The molecular formula is C18H22N4O7. The number of aliphatic carboxylic acids is 2. The van der Waals surface area contributed by atoms with E-state index < -0.39 is 54.9 Å². The maximum atomic E-state index is 12.7. The van der Waals surface area contributed by atoms with Crippen molar-refractivity contribution in [2.24, 2.45) is 5.73 Å². The number of aliphatic hydroxyl groups is 1. The lowest BCUT2D eigenvalue weighted by Gasteiger charge is -2.22. The number of amides is 2. The van der Waals surface area contributed by atoms with Gasteiger partial charge >= 0.3 is 11.9 Å². The van der Waals surface area contributed by atoms with Crippen molar-refractivity contribution in [3.05, 3.63) is 36.0 Å². The fourth-order valence-electron chi connectivity index (χ4n) is 2.74. The molecule has 0 radical (unpaired) electrons. The summed E-state index contributed by atoms with van der Waals surface area (Å²) in [5.41, 5.74) is 6.94. The Hall–Kier alpha value is -3.44. The molecule has 0 aliphatic carbocycles. The topological polar surface area (TPSA) is 195 Å². The van der Waals surface area contributed by atoms with Gasteiger partial charge in [-0.3, -0.25) is 14.4 Å². The van der Waals surface area contributed by atoms with Gasteiger partial charge in [0, 0.05) is 23.5 Å². The molecule has 3 unspecified atom stereocenters. The highest BCUT2D eigenvalue weighted by atomic mass is 16.4. The predicted molar refractivity (Wildman–Crippen MR) is 101 cm³/mol. The van der Waals surface area contributed by atoms with Crippen LogP contribution in [0.3, 0.4) is 0 Å². The number of benzene rings is 1. The minimum Gasteiger partial charge on any atom is -0.481 e. The van der Waals surface area contributed by atoms with E-state index in [1.54, 1.807) is 12.3 Å². The van der Waals surface area contributed by atoms with Gasteiger partial charge in [-0.05, 0) is 11.6 Å². The Kier molecular flexibility index (Phi) is 7.28. The molecule has 2 aromatic rings. The smallest absolute Gasteiger partial charge is 0.326 e. The summed E-state index contributed by atoms with van der Waals surface area (Å²) in [5.74, 6) is -4.62. The van der Waals surface area contributed by atoms with E-state index in [2.05, 4.69) is 15.6 Å². The van der Waals surface area contributed by atoms with E-state index >= 15 is 0 Å². The van der Waals surface area contributed by atoms with Crippen LogP contribution < -0.4 is 16.4 Å². The largest absolute Gasteiger partial charge is 0.481 e. The number of H-pyrrole nitrogens is 1. The highest BCUT2D eigenvalue weighted by Crippen LogP contribution is 2.19. The van der Waals surface area contributed by atoms with Crippen molar-refractivity contribution in [1.82, 2.24) is 15.6 Å². The van der Waals surface area contributed by atoms with Crippen LogP contribution in [0.4, 0.5) is 0 Å². The van der Waals surface area contributed by atoms with E-state index in [-0.39, 0.29) is 6.42 Å². The third-order valence-corrected chi connectivity index (χ3v) is 4.26. The van der Waals surface area contributed by atoms with Crippen molar-refractivity contribution in [2.45, 2.75) is 31.0 Å². The average molecular weight is 406 g/mol. The molecule has 29 heavy (non-hydrogen) atoms. The van der Waals surface area contributed by atoms with Gasteiger partial charge in [0.05, 0.1) is 13.0 Å². The Bertz CT molecular complexity index is 911. The first kappa shape index (κ1) is 21.9. The van der Waals surface area contributed by atoms with Crippen LogP contribution in [0.5, 0.6) is 0 Å². The molecule has 156 valence electrons. The Labute approximate surface area is 164 Å². The Morgan fingerprint density at radius 3 is 2.31 bits per heavy atom. The number of carboxylic acids is 2. The maximum Gasteiger partial charge on any atom is 0.326 e. The number of hydrogen-bond donors (Lipinski definition) is 7. The third-order valence-electron chi connectivity index (χ3n) is 4.26. The van der Waals surface area contributed by atoms with Gasteiger partial charge in [0.25, 0.3) is 0 Å². The molecular weight excluding hydrogens is 384 g/mol. The van der Waals surface area contributed by atoms with Crippen molar-refractivity contribution in [3.63, 3.8) is 0 Å². The molecule has 1 aromatic carbocycles. The van der Waals surface area contributed by atoms with Crippen LogP contribution in [0.1, 0.15) is 12.0 Å². The molecule has 0 bridgehead atoms. The molecule has 0 saturated heterocycles. The van der Waals surface area contributed by atoms with Gasteiger partial charge < -0.3 is 36.7 Å². The molecule has 11 heteroatoms. The molecule has 0 fully saturated rings. The SMILES string of the molecule is NC(CO)C(=O)NC(Cc1c[nH]c2ccccc12)C(=O)NC(CC(=O)O)C(=O)O. The first-order valence-corrected chi connectivity index (χ1v) is 8.69. The predicted octanol–water partition coefficient (Wildman–Crippen LogP) is -1.44. The highest BCUT2D eigenvalue weighted by Gasteiger charge is 2.29. The van der Waals surface area contributed by atoms with Crippen molar-refractivity contribution in [3.8, 4) is 0 Å². The van der Waals surface area contributed by atoms with Crippen LogP contribution >= 0.6 is 0 Å².